The molecule has 0 atom stereocenters. The number of hydrogen-bond donors (Lipinski definition) is 1. The van der Waals surface area contributed by atoms with Gasteiger partial charge in [0.15, 0.2) is 17.3 Å². The number of carboxylic acid groups (broad SMARTS) is 1. The molecule has 1 N–H and O–H groups in total. The van der Waals surface area contributed by atoms with E-state index in [1.807, 2.05) is 0 Å². The molecule has 0 unspecified atom stereocenters. The molecule has 0 radical (unpaired) electrons. The Morgan fingerprint density at radius 3 is 2.89 bits per heavy atom. The van der Waals surface area contributed by atoms with Gasteiger partial charge in [0.2, 0.25) is 0 Å². The topological polar surface area (TPSA) is 59.4 Å². The minimum atomic E-state index is -1.02. The van der Waals surface area contributed by atoms with Gasteiger partial charge in [0.1, 0.15) is 0 Å². The molecular formula is C13H12FNO3S. The van der Waals surface area contributed by atoms with Crippen LogP contribution >= 0.6 is 11.3 Å². The van der Waals surface area contributed by atoms with Crippen LogP contribution in [0.15, 0.2) is 29.6 Å². The van der Waals surface area contributed by atoms with Crippen molar-refractivity contribution in [2.75, 3.05) is 6.61 Å². The van der Waals surface area contributed by atoms with E-state index in [2.05, 4.69) is 4.98 Å². The lowest BCUT2D eigenvalue weighted by Crippen LogP contribution is -2.01. The lowest BCUT2D eigenvalue weighted by Gasteiger charge is -2.05. The molecule has 0 aliphatic rings. The highest BCUT2D eigenvalue weighted by Crippen LogP contribution is 2.16. The number of nitrogens with zero attached hydrogens (tertiary/aromatic N) is 1. The number of aromatic carboxylic acids is 1. The molecule has 19 heavy (non-hydrogen) atoms. The van der Waals surface area contributed by atoms with Gasteiger partial charge in [0.25, 0.3) is 0 Å². The first-order chi connectivity index (χ1) is 9.16. The van der Waals surface area contributed by atoms with E-state index in [1.54, 1.807) is 18.2 Å². The number of benzene rings is 1. The van der Waals surface area contributed by atoms with Crippen molar-refractivity contribution >= 4 is 17.3 Å². The quantitative estimate of drug-likeness (QED) is 0.827. The Morgan fingerprint density at radius 2 is 2.21 bits per heavy atom. The maximum Gasteiger partial charge on any atom is 0.355 e. The van der Waals surface area contributed by atoms with Crippen molar-refractivity contribution < 1.29 is 19.0 Å². The van der Waals surface area contributed by atoms with Crippen molar-refractivity contribution in [3.05, 3.63) is 46.2 Å². The number of halogens is 1. The second-order valence-electron chi connectivity index (χ2n) is 3.81. The Hall–Kier alpha value is -1.95. The molecule has 2 rings (SSSR count). The fraction of sp³-hybridized carbons (Fsp3) is 0.231. The summed E-state index contributed by atoms with van der Waals surface area (Å²) >= 11 is 1.31. The number of carbonyl (C=O) groups is 1. The maximum atomic E-state index is 13.2. The fourth-order valence-electron chi connectivity index (χ4n) is 1.49. The van der Waals surface area contributed by atoms with Gasteiger partial charge in [-0.1, -0.05) is 12.1 Å². The van der Waals surface area contributed by atoms with Gasteiger partial charge in [-0.2, -0.15) is 0 Å². The number of rotatable bonds is 6. The van der Waals surface area contributed by atoms with E-state index in [9.17, 15) is 9.18 Å². The predicted octanol–water partition coefficient (Wildman–Crippen LogP) is 2.99. The minimum Gasteiger partial charge on any atom is -0.491 e. The summed E-state index contributed by atoms with van der Waals surface area (Å²) in [4.78, 5) is 14.6. The molecule has 2 aromatic rings. The number of ether oxygens (including phenoxy) is 1. The SMILES string of the molecule is O=C(O)c1csc(CCCOc2ccccc2F)n1. The summed E-state index contributed by atoms with van der Waals surface area (Å²) in [6.45, 7) is 0.364. The van der Waals surface area contributed by atoms with Gasteiger partial charge in [-0.3, -0.25) is 0 Å². The van der Waals surface area contributed by atoms with Crippen molar-refractivity contribution in [2.24, 2.45) is 0 Å². The van der Waals surface area contributed by atoms with E-state index in [1.165, 1.54) is 22.8 Å². The van der Waals surface area contributed by atoms with Gasteiger partial charge in [0, 0.05) is 11.8 Å². The summed E-state index contributed by atoms with van der Waals surface area (Å²) in [5.74, 6) is -1.18. The molecule has 0 fully saturated rings. The summed E-state index contributed by atoms with van der Waals surface area (Å²) in [5.41, 5.74) is 0.0648. The third-order valence-electron chi connectivity index (χ3n) is 2.40. The molecule has 4 nitrogen and oxygen atoms in total. The van der Waals surface area contributed by atoms with E-state index >= 15 is 0 Å². The number of aryl methyl sites for hydroxylation is 1. The molecule has 100 valence electrons. The van der Waals surface area contributed by atoms with E-state index in [0.717, 1.165) is 5.01 Å². The Bertz CT molecular complexity index is 571. The van der Waals surface area contributed by atoms with Crippen LogP contribution in [-0.2, 0) is 6.42 Å². The number of thiazole rings is 1. The largest absolute Gasteiger partial charge is 0.491 e. The van der Waals surface area contributed by atoms with Gasteiger partial charge in [-0.05, 0) is 18.6 Å². The Labute approximate surface area is 113 Å². The number of hydrogen-bond acceptors (Lipinski definition) is 4. The van der Waals surface area contributed by atoms with E-state index in [-0.39, 0.29) is 17.3 Å². The monoisotopic (exact) mass is 281 g/mol. The molecule has 6 heteroatoms. The summed E-state index contributed by atoms with van der Waals surface area (Å²) < 4.78 is 18.5. The van der Waals surface area contributed by atoms with Crippen molar-refractivity contribution in [1.82, 2.24) is 4.98 Å². The van der Waals surface area contributed by atoms with Crippen LogP contribution in [0, 0.1) is 5.82 Å². The van der Waals surface area contributed by atoms with Gasteiger partial charge >= 0.3 is 5.97 Å². The van der Waals surface area contributed by atoms with Gasteiger partial charge < -0.3 is 9.84 Å². The van der Waals surface area contributed by atoms with Crippen LogP contribution < -0.4 is 4.74 Å². The molecule has 0 aliphatic heterocycles. The summed E-state index contributed by atoms with van der Waals surface area (Å²) in [5, 5.41) is 11.0. The molecule has 1 aromatic carbocycles. The van der Waals surface area contributed by atoms with Crippen molar-refractivity contribution in [1.29, 1.82) is 0 Å². The molecule has 0 saturated carbocycles. The molecule has 0 saturated heterocycles. The van der Waals surface area contributed by atoms with E-state index in [4.69, 9.17) is 9.84 Å². The van der Waals surface area contributed by atoms with Crippen LogP contribution in [-0.4, -0.2) is 22.7 Å². The Kier molecular flexibility index (Phi) is 4.46. The van der Waals surface area contributed by atoms with Gasteiger partial charge in [-0.25, -0.2) is 14.2 Å². The van der Waals surface area contributed by atoms with Crippen LogP contribution in [0.5, 0.6) is 5.75 Å². The summed E-state index contributed by atoms with van der Waals surface area (Å²) in [7, 11) is 0. The first kappa shape index (κ1) is 13.5. The van der Waals surface area contributed by atoms with Crippen molar-refractivity contribution in [3.63, 3.8) is 0 Å². The highest BCUT2D eigenvalue weighted by molar-refractivity contribution is 7.09. The smallest absolute Gasteiger partial charge is 0.355 e. The molecule has 0 bridgehead atoms. The highest BCUT2D eigenvalue weighted by atomic mass is 32.1. The van der Waals surface area contributed by atoms with E-state index in [0.29, 0.717) is 19.4 Å². The standard InChI is InChI=1S/C13H12FNO3S/c14-9-4-1-2-5-11(9)18-7-3-6-12-15-10(8-19-12)13(16)17/h1-2,4-5,8H,3,6-7H2,(H,16,17). The Morgan fingerprint density at radius 1 is 1.42 bits per heavy atom. The Balaban J connectivity index is 1.77. The molecule has 1 heterocycles. The van der Waals surface area contributed by atoms with Crippen LogP contribution in [0.25, 0.3) is 0 Å². The summed E-state index contributed by atoms with van der Waals surface area (Å²) in [6, 6.07) is 6.22. The second kappa shape index (κ2) is 6.29. The number of carboxylic acids is 1. The average molecular weight is 281 g/mol. The van der Waals surface area contributed by atoms with Crippen LogP contribution in [0.3, 0.4) is 0 Å². The molecule has 0 spiro atoms. The van der Waals surface area contributed by atoms with Crippen LogP contribution in [0.2, 0.25) is 0 Å². The van der Waals surface area contributed by atoms with Crippen molar-refractivity contribution in [3.8, 4) is 5.75 Å². The first-order valence-electron chi connectivity index (χ1n) is 5.72. The van der Waals surface area contributed by atoms with Crippen molar-refractivity contribution in [2.45, 2.75) is 12.8 Å². The third kappa shape index (κ3) is 3.75. The van der Waals surface area contributed by atoms with E-state index < -0.39 is 5.97 Å². The maximum absolute atomic E-state index is 13.2. The predicted molar refractivity (Wildman–Crippen MR) is 69.3 cm³/mol. The molecular weight excluding hydrogens is 269 g/mol. The second-order valence-corrected chi connectivity index (χ2v) is 4.76. The fourth-order valence-corrected chi connectivity index (χ4v) is 2.31. The zero-order valence-electron chi connectivity index (χ0n) is 10.0. The number of para-hydroxylation sites is 1. The molecule has 0 aliphatic carbocycles. The normalized spacial score (nSPS) is 10.4. The van der Waals surface area contributed by atoms with Gasteiger partial charge in [-0.15, -0.1) is 11.3 Å². The third-order valence-corrected chi connectivity index (χ3v) is 3.31. The van der Waals surface area contributed by atoms with Crippen LogP contribution in [0.4, 0.5) is 4.39 Å². The zero-order valence-corrected chi connectivity index (χ0v) is 10.8. The first-order valence-corrected chi connectivity index (χ1v) is 6.60. The highest BCUT2D eigenvalue weighted by Gasteiger charge is 2.08. The molecule has 0 amide bonds. The molecule has 1 aromatic heterocycles. The van der Waals surface area contributed by atoms with Crippen LogP contribution in [0.1, 0.15) is 21.9 Å². The lowest BCUT2D eigenvalue weighted by atomic mass is 10.3. The average Bonchev–Trinajstić information content (AvgIpc) is 2.85. The van der Waals surface area contributed by atoms with Gasteiger partial charge in [0.05, 0.1) is 11.6 Å². The summed E-state index contributed by atoms with van der Waals surface area (Å²) in [6.07, 6.45) is 1.27. The minimum absolute atomic E-state index is 0.0648. The lowest BCUT2D eigenvalue weighted by molar-refractivity contribution is 0.0691. The zero-order chi connectivity index (χ0) is 13.7. The number of aromatic nitrogens is 1.